The summed E-state index contributed by atoms with van der Waals surface area (Å²) in [5.41, 5.74) is 6.63. The van der Waals surface area contributed by atoms with E-state index < -0.39 is 9.84 Å². The first kappa shape index (κ1) is 12.3. The molecule has 94 valence electrons. The van der Waals surface area contributed by atoms with Gasteiger partial charge in [-0.1, -0.05) is 6.07 Å². The number of sulfone groups is 1. The minimum absolute atomic E-state index is 0.202. The fourth-order valence-electron chi connectivity index (χ4n) is 2.02. The monoisotopic (exact) mass is 255 g/mol. The molecule has 0 saturated carbocycles. The summed E-state index contributed by atoms with van der Waals surface area (Å²) in [6.45, 7) is 1.65. The lowest BCUT2D eigenvalue weighted by Gasteiger charge is -2.23. The molecule has 2 rings (SSSR count). The van der Waals surface area contributed by atoms with Crippen molar-refractivity contribution in [3.8, 4) is 0 Å². The van der Waals surface area contributed by atoms with Gasteiger partial charge in [-0.15, -0.1) is 0 Å². The molecule has 1 aromatic rings. The van der Waals surface area contributed by atoms with Gasteiger partial charge in [0.1, 0.15) is 5.82 Å². The number of pyridine rings is 1. The second kappa shape index (κ2) is 5.01. The van der Waals surface area contributed by atoms with Gasteiger partial charge in [0.05, 0.1) is 11.5 Å². The molecule has 17 heavy (non-hydrogen) atoms. The van der Waals surface area contributed by atoms with Crippen LogP contribution in [0.15, 0.2) is 18.3 Å². The standard InChI is InChI=1S/C11H17N3O2S/c12-9-10-3-1-4-13-11(10)14-5-2-7-17(15,16)8-6-14/h1,3-4H,2,5-9,12H2. The minimum atomic E-state index is -2.88. The van der Waals surface area contributed by atoms with Gasteiger partial charge in [0.2, 0.25) is 0 Å². The summed E-state index contributed by atoms with van der Waals surface area (Å²) in [7, 11) is -2.88. The van der Waals surface area contributed by atoms with Crippen LogP contribution in [0.5, 0.6) is 0 Å². The average Bonchev–Trinajstić information content (AvgIpc) is 2.50. The SMILES string of the molecule is NCc1cccnc1N1CCCS(=O)(=O)CC1. The molecule has 2 heterocycles. The highest BCUT2D eigenvalue weighted by Gasteiger charge is 2.21. The van der Waals surface area contributed by atoms with E-state index in [0.29, 0.717) is 19.5 Å². The first-order valence-corrected chi connectivity index (χ1v) is 7.54. The fourth-order valence-corrected chi connectivity index (χ4v) is 3.30. The molecule has 0 bridgehead atoms. The van der Waals surface area contributed by atoms with Crippen molar-refractivity contribution in [1.82, 2.24) is 4.98 Å². The maximum atomic E-state index is 11.5. The minimum Gasteiger partial charge on any atom is -0.355 e. The topological polar surface area (TPSA) is 76.3 Å². The van der Waals surface area contributed by atoms with E-state index in [2.05, 4.69) is 4.98 Å². The Morgan fingerprint density at radius 2 is 2.18 bits per heavy atom. The molecule has 0 spiro atoms. The van der Waals surface area contributed by atoms with E-state index in [1.54, 1.807) is 6.20 Å². The van der Waals surface area contributed by atoms with Gasteiger partial charge in [-0.25, -0.2) is 13.4 Å². The Balaban J connectivity index is 2.22. The van der Waals surface area contributed by atoms with E-state index in [9.17, 15) is 8.42 Å². The van der Waals surface area contributed by atoms with Crippen LogP contribution in [0.25, 0.3) is 0 Å². The van der Waals surface area contributed by atoms with Crippen molar-refractivity contribution >= 4 is 15.7 Å². The van der Waals surface area contributed by atoms with Gasteiger partial charge in [0, 0.05) is 31.4 Å². The van der Waals surface area contributed by atoms with Crippen molar-refractivity contribution in [2.24, 2.45) is 5.73 Å². The third-order valence-electron chi connectivity index (χ3n) is 2.94. The number of hydrogen-bond acceptors (Lipinski definition) is 5. The summed E-state index contributed by atoms with van der Waals surface area (Å²) < 4.78 is 23.1. The number of anilines is 1. The Morgan fingerprint density at radius 1 is 1.35 bits per heavy atom. The summed E-state index contributed by atoms with van der Waals surface area (Å²) in [6.07, 6.45) is 2.37. The van der Waals surface area contributed by atoms with Gasteiger partial charge in [0.25, 0.3) is 0 Å². The lowest BCUT2D eigenvalue weighted by atomic mass is 10.2. The fraction of sp³-hybridized carbons (Fsp3) is 0.545. The van der Waals surface area contributed by atoms with Crippen LogP contribution in [-0.2, 0) is 16.4 Å². The predicted molar refractivity (Wildman–Crippen MR) is 67.6 cm³/mol. The van der Waals surface area contributed by atoms with Crippen LogP contribution >= 0.6 is 0 Å². The summed E-state index contributed by atoms with van der Waals surface area (Å²) in [4.78, 5) is 6.33. The summed E-state index contributed by atoms with van der Waals surface area (Å²) >= 11 is 0. The van der Waals surface area contributed by atoms with Crippen molar-refractivity contribution in [1.29, 1.82) is 0 Å². The van der Waals surface area contributed by atoms with Crippen LogP contribution in [0.2, 0.25) is 0 Å². The van der Waals surface area contributed by atoms with Crippen molar-refractivity contribution in [2.75, 3.05) is 29.5 Å². The molecular weight excluding hydrogens is 238 g/mol. The molecular formula is C11H17N3O2S. The first-order chi connectivity index (χ1) is 8.12. The molecule has 6 heteroatoms. The molecule has 0 unspecified atom stereocenters. The molecule has 1 aliphatic heterocycles. The van der Waals surface area contributed by atoms with Gasteiger partial charge >= 0.3 is 0 Å². The number of nitrogens with zero attached hydrogens (tertiary/aromatic N) is 2. The van der Waals surface area contributed by atoms with E-state index >= 15 is 0 Å². The Hall–Kier alpha value is -1.14. The van der Waals surface area contributed by atoms with Gasteiger partial charge in [-0.3, -0.25) is 0 Å². The van der Waals surface area contributed by atoms with Gasteiger partial charge in [-0.2, -0.15) is 0 Å². The smallest absolute Gasteiger partial charge is 0.152 e. The molecule has 0 radical (unpaired) electrons. The third-order valence-corrected chi connectivity index (χ3v) is 4.66. The number of aromatic nitrogens is 1. The van der Waals surface area contributed by atoms with Crippen molar-refractivity contribution in [3.63, 3.8) is 0 Å². The van der Waals surface area contributed by atoms with Gasteiger partial charge < -0.3 is 10.6 Å². The first-order valence-electron chi connectivity index (χ1n) is 5.72. The van der Waals surface area contributed by atoms with Crippen LogP contribution in [0.4, 0.5) is 5.82 Å². The highest BCUT2D eigenvalue weighted by atomic mass is 32.2. The highest BCUT2D eigenvalue weighted by Crippen LogP contribution is 2.18. The summed E-state index contributed by atoms with van der Waals surface area (Å²) in [6, 6.07) is 3.78. The normalized spacial score (nSPS) is 19.9. The Bertz CT molecular complexity index is 487. The molecule has 2 N–H and O–H groups in total. The lowest BCUT2D eigenvalue weighted by Crippen LogP contribution is -2.29. The molecule has 1 saturated heterocycles. The molecule has 0 aliphatic carbocycles. The van der Waals surface area contributed by atoms with Crippen LogP contribution in [0, 0.1) is 0 Å². The maximum Gasteiger partial charge on any atom is 0.152 e. The van der Waals surface area contributed by atoms with E-state index in [0.717, 1.165) is 17.9 Å². The molecule has 1 aromatic heterocycles. The van der Waals surface area contributed by atoms with Crippen LogP contribution in [-0.4, -0.2) is 38.0 Å². The molecule has 1 aliphatic rings. The van der Waals surface area contributed by atoms with E-state index in [-0.39, 0.29) is 11.5 Å². The second-order valence-corrected chi connectivity index (χ2v) is 6.49. The average molecular weight is 255 g/mol. The Labute approximate surface area is 102 Å². The molecule has 5 nitrogen and oxygen atoms in total. The summed E-state index contributed by atoms with van der Waals surface area (Å²) in [5, 5.41) is 0. The number of nitrogens with two attached hydrogens (primary N) is 1. The quantitative estimate of drug-likeness (QED) is 0.815. The molecule has 1 fully saturated rings. The Kier molecular flexibility index (Phi) is 3.63. The van der Waals surface area contributed by atoms with Crippen LogP contribution in [0.1, 0.15) is 12.0 Å². The maximum absolute atomic E-state index is 11.5. The zero-order valence-corrected chi connectivity index (χ0v) is 10.5. The van der Waals surface area contributed by atoms with Gasteiger partial charge in [-0.05, 0) is 12.5 Å². The van der Waals surface area contributed by atoms with E-state index in [1.807, 2.05) is 17.0 Å². The Morgan fingerprint density at radius 3 is 2.94 bits per heavy atom. The highest BCUT2D eigenvalue weighted by molar-refractivity contribution is 7.91. The van der Waals surface area contributed by atoms with Crippen molar-refractivity contribution in [3.05, 3.63) is 23.9 Å². The predicted octanol–water partition coefficient (Wildman–Crippen LogP) is 0.165. The van der Waals surface area contributed by atoms with Crippen LogP contribution < -0.4 is 10.6 Å². The largest absolute Gasteiger partial charge is 0.355 e. The third kappa shape index (κ3) is 2.95. The number of rotatable bonds is 2. The van der Waals surface area contributed by atoms with E-state index in [1.165, 1.54) is 0 Å². The van der Waals surface area contributed by atoms with E-state index in [4.69, 9.17) is 5.73 Å². The zero-order chi connectivity index (χ0) is 12.3. The molecule has 0 atom stereocenters. The molecule has 0 amide bonds. The summed E-state index contributed by atoms with van der Waals surface area (Å²) in [5.74, 6) is 1.30. The second-order valence-electron chi connectivity index (χ2n) is 4.18. The van der Waals surface area contributed by atoms with Crippen molar-refractivity contribution in [2.45, 2.75) is 13.0 Å². The molecule has 0 aromatic carbocycles. The van der Waals surface area contributed by atoms with Crippen molar-refractivity contribution < 1.29 is 8.42 Å². The lowest BCUT2D eigenvalue weighted by molar-refractivity contribution is 0.597. The van der Waals surface area contributed by atoms with Crippen LogP contribution in [0.3, 0.4) is 0 Å². The zero-order valence-electron chi connectivity index (χ0n) is 9.67. The number of hydrogen-bond donors (Lipinski definition) is 1. The van der Waals surface area contributed by atoms with Gasteiger partial charge in [0.15, 0.2) is 9.84 Å².